The molecule has 2 aromatic rings. The lowest BCUT2D eigenvalue weighted by atomic mass is 9.91. The average molecular weight is 390 g/mol. The molecule has 0 spiro atoms. The maximum Gasteiger partial charge on any atom is 0.343 e. The van der Waals surface area contributed by atoms with Crippen molar-refractivity contribution in [3.63, 3.8) is 0 Å². The van der Waals surface area contributed by atoms with Gasteiger partial charge in [-0.1, -0.05) is 20.8 Å². The maximum absolute atomic E-state index is 12.6. The highest BCUT2D eigenvalue weighted by molar-refractivity contribution is 6.03. The Morgan fingerprint density at radius 1 is 1.18 bits per heavy atom. The first-order valence-corrected chi connectivity index (χ1v) is 9.18. The zero-order valence-corrected chi connectivity index (χ0v) is 16.8. The number of ether oxygens (including phenoxy) is 1. The second-order valence-electron chi connectivity index (χ2n) is 6.77. The molecule has 0 aliphatic rings. The Hall–Kier alpha value is -2.96. The van der Waals surface area contributed by atoms with Gasteiger partial charge in [0.15, 0.2) is 5.78 Å². The van der Waals surface area contributed by atoms with E-state index in [4.69, 9.17) is 9.15 Å². The van der Waals surface area contributed by atoms with Gasteiger partial charge in [0.05, 0.1) is 12.7 Å². The summed E-state index contributed by atoms with van der Waals surface area (Å²) in [6, 6.07) is 1.22. The third-order valence-corrected chi connectivity index (χ3v) is 5.07. The smallest absolute Gasteiger partial charge is 0.343 e. The average Bonchev–Trinajstić information content (AvgIpc) is 2.67. The molecular formula is C21H26O7. The zero-order chi connectivity index (χ0) is 21.2. The molecule has 0 aliphatic heterocycles. The van der Waals surface area contributed by atoms with Crippen LogP contribution in [0.3, 0.4) is 0 Å². The molecule has 1 heterocycles. The lowest BCUT2D eigenvalue weighted by molar-refractivity contribution is 0.0921. The van der Waals surface area contributed by atoms with Gasteiger partial charge in [-0.25, -0.2) is 4.79 Å². The Balaban J connectivity index is 2.69. The van der Waals surface area contributed by atoms with Gasteiger partial charge in [0, 0.05) is 36.0 Å². The minimum atomic E-state index is -0.732. The summed E-state index contributed by atoms with van der Waals surface area (Å²) in [5, 5.41) is 31.4. The molecule has 1 aromatic heterocycles. The number of Topliss-reactive ketones (excluding diaryl/α,β-unsaturated/α-hetero) is 1. The van der Waals surface area contributed by atoms with E-state index in [2.05, 4.69) is 0 Å². The van der Waals surface area contributed by atoms with Crippen molar-refractivity contribution >= 4 is 5.78 Å². The van der Waals surface area contributed by atoms with Crippen molar-refractivity contribution in [2.45, 2.75) is 47.0 Å². The number of aryl methyl sites for hydroxylation is 1. The van der Waals surface area contributed by atoms with Gasteiger partial charge >= 0.3 is 5.63 Å². The number of carbonyl (C=O) groups is 1. The van der Waals surface area contributed by atoms with Crippen molar-refractivity contribution in [2.75, 3.05) is 7.11 Å². The van der Waals surface area contributed by atoms with Gasteiger partial charge in [0.2, 0.25) is 0 Å². The maximum atomic E-state index is 12.6. The van der Waals surface area contributed by atoms with Gasteiger partial charge in [-0.3, -0.25) is 4.79 Å². The van der Waals surface area contributed by atoms with Crippen LogP contribution in [0.25, 0.3) is 0 Å². The number of hydrogen-bond acceptors (Lipinski definition) is 7. The molecule has 152 valence electrons. The molecule has 0 aliphatic carbocycles. The Kier molecular flexibility index (Phi) is 6.38. The predicted octanol–water partition coefficient (Wildman–Crippen LogP) is 3.46. The monoisotopic (exact) mass is 390 g/mol. The number of phenols is 2. The first-order chi connectivity index (χ1) is 13.2. The number of aromatic hydroxyl groups is 3. The summed E-state index contributed by atoms with van der Waals surface area (Å²) in [4.78, 5) is 25.0. The van der Waals surface area contributed by atoms with E-state index in [9.17, 15) is 24.9 Å². The van der Waals surface area contributed by atoms with Crippen molar-refractivity contribution in [2.24, 2.45) is 5.92 Å². The van der Waals surface area contributed by atoms with Crippen molar-refractivity contribution in [3.8, 4) is 23.0 Å². The van der Waals surface area contributed by atoms with Crippen LogP contribution in [-0.2, 0) is 12.8 Å². The highest BCUT2D eigenvalue weighted by Gasteiger charge is 2.27. The molecule has 7 nitrogen and oxygen atoms in total. The van der Waals surface area contributed by atoms with E-state index in [1.165, 1.54) is 13.2 Å². The largest absolute Gasteiger partial charge is 0.507 e. The van der Waals surface area contributed by atoms with Crippen LogP contribution in [0.5, 0.6) is 23.0 Å². The minimum absolute atomic E-state index is 0.0593. The second kappa shape index (κ2) is 8.37. The number of rotatable bonds is 7. The normalized spacial score (nSPS) is 12.0. The molecule has 2 rings (SSSR count). The van der Waals surface area contributed by atoms with Crippen molar-refractivity contribution in [1.29, 1.82) is 0 Å². The number of methoxy groups -OCH3 is 1. The van der Waals surface area contributed by atoms with Gasteiger partial charge in [0.1, 0.15) is 34.3 Å². The van der Waals surface area contributed by atoms with Crippen LogP contribution in [0.1, 0.15) is 60.0 Å². The predicted molar refractivity (Wildman–Crippen MR) is 104 cm³/mol. The number of carbonyl (C=O) groups excluding carboxylic acids is 1. The summed E-state index contributed by atoms with van der Waals surface area (Å²) in [6.07, 6.45) is 0.743. The van der Waals surface area contributed by atoms with Crippen LogP contribution in [0.2, 0.25) is 0 Å². The third kappa shape index (κ3) is 3.69. The van der Waals surface area contributed by atoms with Crippen LogP contribution in [0.15, 0.2) is 15.3 Å². The molecule has 1 aromatic carbocycles. The Bertz CT molecular complexity index is 956. The molecular weight excluding hydrogens is 364 g/mol. The molecule has 3 N–H and O–H groups in total. The minimum Gasteiger partial charge on any atom is -0.507 e. The lowest BCUT2D eigenvalue weighted by Crippen LogP contribution is -2.14. The Morgan fingerprint density at radius 2 is 1.82 bits per heavy atom. The molecule has 0 radical (unpaired) electrons. The standard InChI is InChI=1S/C21H26O7/c1-6-10(3)18(23)17-14(22)9-16(27-5)12(20(17)25)8-13-19(24)11(4)15(7-2)28-21(13)26/h9-10,22,24-25H,6-8H2,1-5H3/t10-/m1/s1. The summed E-state index contributed by atoms with van der Waals surface area (Å²) in [6.45, 7) is 6.94. The fourth-order valence-corrected chi connectivity index (χ4v) is 3.08. The topological polar surface area (TPSA) is 117 Å². The third-order valence-electron chi connectivity index (χ3n) is 5.07. The van der Waals surface area contributed by atoms with Crippen molar-refractivity contribution in [3.05, 3.63) is 44.5 Å². The van der Waals surface area contributed by atoms with E-state index in [0.29, 0.717) is 24.2 Å². The molecule has 0 unspecified atom stereocenters. The molecule has 0 fully saturated rings. The Labute approximate surface area is 163 Å². The van der Waals surface area contributed by atoms with E-state index in [1.807, 2.05) is 6.92 Å². The molecule has 1 atom stereocenters. The van der Waals surface area contributed by atoms with Gasteiger partial charge in [0.25, 0.3) is 0 Å². The van der Waals surface area contributed by atoms with Gasteiger partial charge in [-0.05, 0) is 13.3 Å². The quantitative estimate of drug-likeness (QED) is 0.620. The van der Waals surface area contributed by atoms with E-state index >= 15 is 0 Å². The highest BCUT2D eigenvalue weighted by Crippen LogP contribution is 2.41. The van der Waals surface area contributed by atoms with Crippen molar-refractivity contribution in [1.82, 2.24) is 0 Å². The summed E-state index contributed by atoms with van der Waals surface area (Å²) in [5.74, 6) is -1.47. The first kappa shape index (κ1) is 21.3. The van der Waals surface area contributed by atoms with E-state index in [-0.39, 0.29) is 34.6 Å². The second-order valence-corrected chi connectivity index (χ2v) is 6.77. The lowest BCUT2D eigenvalue weighted by Gasteiger charge is -2.17. The van der Waals surface area contributed by atoms with Crippen LogP contribution >= 0.6 is 0 Å². The van der Waals surface area contributed by atoms with E-state index in [1.54, 1.807) is 20.8 Å². The summed E-state index contributed by atoms with van der Waals surface area (Å²) in [5.41, 5.74) is -0.473. The fourth-order valence-electron chi connectivity index (χ4n) is 3.08. The number of benzene rings is 1. The van der Waals surface area contributed by atoms with Crippen LogP contribution in [-0.4, -0.2) is 28.2 Å². The SMILES string of the molecule is CCc1oc(=O)c(Cc2c(OC)cc(O)c(C(=O)[C@H](C)CC)c2O)c(O)c1C. The van der Waals surface area contributed by atoms with E-state index in [0.717, 1.165) is 0 Å². The van der Waals surface area contributed by atoms with Gasteiger partial charge in [-0.15, -0.1) is 0 Å². The summed E-state index contributed by atoms with van der Waals surface area (Å²) in [7, 11) is 1.33. The first-order valence-electron chi connectivity index (χ1n) is 9.18. The fraction of sp³-hybridized carbons (Fsp3) is 0.429. The number of ketones is 1. The number of phenolic OH excluding ortho intramolecular Hbond substituents is 2. The van der Waals surface area contributed by atoms with Gasteiger partial charge in [-0.2, -0.15) is 0 Å². The molecule has 0 amide bonds. The summed E-state index contributed by atoms with van der Waals surface area (Å²) < 4.78 is 10.5. The van der Waals surface area contributed by atoms with Crippen LogP contribution in [0.4, 0.5) is 0 Å². The van der Waals surface area contributed by atoms with Crippen LogP contribution in [0, 0.1) is 12.8 Å². The Morgan fingerprint density at radius 3 is 2.36 bits per heavy atom. The van der Waals surface area contributed by atoms with Crippen LogP contribution < -0.4 is 10.4 Å². The summed E-state index contributed by atoms with van der Waals surface area (Å²) >= 11 is 0. The highest BCUT2D eigenvalue weighted by atomic mass is 16.5. The molecule has 0 bridgehead atoms. The number of hydrogen-bond donors (Lipinski definition) is 3. The van der Waals surface area contributed by atoms with Crippen molar-refractivity contribution < 1.29 is 29.3 Å². The molecule has 0 saturated carbocycles. The van der Waals surface area contributed by atoms with E-state index < -0.39 is 28.8 Å². The molecule has 0 saturated heterocycles. The van der Waals surface area contributed by atoms with Gasteiger partial charge < -0.3 is 24.5 Å². The zero-order valence-electron chi connectivity index (χ0n) is 16.8. The molecule has 7 heteroatoms. The molecule has 28 heavy (non-hydrogen) atoms.